The summed E-state index contributed by atoms with van der Waals surface area (Å²) in [6.45, 7) is 3.49. The molecule has 1 amide bonds. The molecule has 0 aromatic heterocycles. The molecule has 0 atom stereocenters. The zero-order valence-corrected chi connectivity index (χ0v) is 9.98. The number of hydrogen-bond donors (Lipinski definition) is 1. The zero-order valence-electron chi connectivity index (χ0n) is 9.98. The molecule has 1 aromatic carbocycles. The van der Waals surface area contributed by atoms with Gasteiger partial charge in [0.25, 0.3) is 0 Å². The van der Waals surface area contributed by atoms with Crippen LogP contribution in [0.25, 0.3) is 0 Å². The molecule has 0 heterocycles. The van der Waals surface area contributed by atoms with E-state index >= 15 is 0 Å². The fourth-order valence-corrected chi connectivity index (χ4v) is 1.27. The number of carbonyl (C=O) groups excluding carboxylic acids is 1. The van der Waals surface area contributed by atoms with Crippen molar-refractivity contribution in [1.29, 1.82) is 5.26 Å². The molecule has 0 saturated heterocycles. The summed E-state index contributed by atoms with van der Waals surface area (Å²) in [5.41, 5.74) is 0.646. The number of ether oxygens (including phenoxy) is 2. The number of anilines is 1. The van der Waals surface area contributed by atoms with E-state index < -0.39 is 6.09 Å². The molecule has 1 N–H and O–H groups in total. The van der Waals surface area contributed by atoms with Crippen LogP contribution in [0, 0.1) is 11.3 Å². The van der Waals surface area contributed by atoms with Crippen LogP contribution in [0.1, 0.15) is 19.4 Å². The van der Waals surface area contributed by atoms with Crippen molar-refractivity contribution >= 4 is 11.8 Å². The molecule has 1 aromatic rings. The topological polar surface area (TPSA) is 71.3 Å². The van der Waals surface area contributed by atoms with E-state index in [-0.39, 0.29) is 6.10 Å². The van der Waals surface area contributed by atoms with E-state index in [0.29, 0.717) is 17.0 Å². The fourth-order valence-electron chi connectivity index (χ4n) is 1.27. The van der Waals surface area contributed by atoms with Crippen molar-refractivity contribution in [2.24, 2.45) is 0 Å². The molecular weight excluding hydrogens is 220 g/mol. The lowest BCUT2D eigenvalue weighted by atomic mass is 10.2. The number of amides is 1. The van der Waals surface area contributed by atoms with Crippen molar-refractivity contribution in [1.82, 2.24) is 0 Å². The number of methoxy groups -OCH3 is 1. The quantitative estimate of drug-likeness (QED) is 0.872. The van der Waals surface area contributed by atoms with Crippen LogP contribution in [-0.4, -0.2) is 19.3 Å². The monoisotopic (exact) mass is 234 g/mol. The van der Waals surface area contributed by atoms with Crippen LogP contribution in [0.2, 0.25) is 0 Å². The Labute approximate surface area is 100.0 Å². The first kappa shape index (κ1) is 12.8. The van der Waals surface area contributed by atoms with Gasteiger partial charge in [-0.25, -0.2) is 4.79 Å². The van der Waals surface area contributed by atoms with E-state index in [2.05, 4.69) is 5.32 Å². The third-order valence-corrected chi connectivity index (χ3v) is 1.94. The maximum atomic E-state index is 11.5. The second-order valence-electron chi connectivity index (χ2n) is 3.57. The van der Waals surface area contributed by atoms with Gasteiger partial charge in [0.2, 0.25) is 0 Å². The fraction of sp³-hybridized carbons (Fsp3) is 0.333. The molecule has 17 heavy (non-hydrogen) atoms. The van der Waals surface area contributed by atoms with E-state index in [0.717, 1.165) is 0 Å². The molecule has 0 bridgehead atoms. The molecule has 5 heteroatoms. The number of nitrogens with one attached hydrogen (secondary N) is 1. The largest absolute Gasteiger partial charge is 0.495 e. The number of carbonyl (C=O) groups is 1. The predicted octanol–water partition coefficient (Wildman–Crippen LogP) is 2.52. The van der Waals surface area contributed by atoms with Crippen LogP contribution in [0.3, 0.4) is 0 Å². The minimum Gasteiger partial charge on any atom is -0.495 e. The Bertz CT molecular complexity index is 450. The summed E-state index contributed by atoms with van der Waals surface area (Å²) < 4.78 is 10.0. The second kappa shape index (κ2) is 5.75. The van der Waals surface area contributed by atoms with E-state index in [1.54, 1.807) is 32.0 Å². The first-order chi connectivity index (χ1) is 8.08. The van der Waals surface area contributed by atoms with Gasteiger partial charge in [0, 0.05) is 0 Å². The average Bonchev–Trinajstić information content (AvgIpc) is 2.28. The van der Waals surface area contributed by atoms with Crippen LogP contribution in [0.15, 0.2) is 18.2 Å². The molecule has 0 radical (unpaired) electrons. The van der Waals surface area contributed by atoms with Crippen molar-refractivity contribution < 1.29 is 14.3 Å². The highest BCUT2D eigenvalue weighted by molar-refractivity contribution is 5.89. The minimum absolute atomic E-state index is 0.227. The Hall–Kier alpha value is -2.22. The van der Waals surface area contributed by atoms with Gasteiger partial charge in [0.15, 0.2) is 0 Å². The third-order valence-electron chi connectivity index (χ3n) is 1.94. The van der Waals surface area contributed by atoms with Crippen molar-refractivity contribution in [3.8, 4) is 11.8 Å². The number of nitrogens with zero attached hydrogens (tertiary/aromatic N) is 1. The zero-order chi connectivity index (χ0) is 12.8. The summed E-state index contributed by atoms with van der Waals surface area (Å²) in [4.78, 5) is 11.5. The maximum Gasteiger partial charge on any atom is 0.412 e. The lowest BCUT2D eigenvalue weighted by molar-refractivity contribution is 0.130. The Morgan fingerprint density at radius 1 is 1.47 bits per heavy atom. The van der Waals surface area contributed by atoms with Gasteiger partial charge >= 0.3 is 6.09 Å². The highest BCUT2D eigenvalue weighted by Gasteiger charge is 2.13. The summed E-state index contributed by atoms with van der Waals surface area (Å²) in [6.07, 6.45) is -0.837. The molecule has 0 fully saturated rings. The van der Waals surface area contributed by atoms with Crippen molar-refractivity contribution in [2.45, 2.75) is 20.0 Å². The van der Waals surface area contributed by atoms with Crippen molar-refractivity contribution in [2.75, 3.05) is 12.4 Å². The highest BCUT2D eigenvalue weighted by Crippen LogP contribution is 2.27. The smallest absolute Gasteiger partial charge is 0.412 e. The number of rotatable bonds is 3. The SMILES string of the molecule is COc1cccc(C#N)c1NC(=O)OC(C)C. The lowest BCUT2D eigenvalue weighted by Crippen LogP contribution is -2.19. The molecule has 0 aliphatic carbocycles. The standard InChI is InChI=1S/C12H14N2O3/c1-8(2)17-12(15)14-11-9(7-13)5-4-6-10(11)16-3/h4-6,8H,1-3H3,(H,14,15). The molecule has 5 nitrogen and oxygen atoms in total. The summed E-state index contributed by atoms with van der Waals surface area (Å²) in [5, 5.41) is 11.4. The maximum absolute atomic E-state index is 11.5. The van der Waals surface area contributed by atoms with Crippen LogP contribution in [0.4, 0.5) is 10.5 Å². The van der Waals surface area contributed by atoms with Crippen LogP contribution in [-0.2, 0) is 4.74 Å². The predicted molar refractivity (Wildman–Crippen MR) is 62.9 cm³/mol. The van der Waals surface area contributed by atoms with Crippen LogP contribution >= 0.6 is 0 Å². The molecule has 0 aliphatic heterocycles. The molecule has 90 valence electrons. The van der Waals surface area contributed by atoms with E-state index in [1.807, 2.05) is 6.07 Å². The van der Waals surface area contributed by atoms with E-state index in [9.17, 15) is 4.79 Å². The van der Waals surface area contributed by atoms with Gasteiger partial charge < -0.3 is 9.47 Å². The Morgan fingerprint density at radius 3 is 2.71 bits per heavy atom. The van der Waals surface area contributed by atoms with Crippen LogP contribution in [0.5, 0.6) is 5.75 Å². The van der Waals surface area contributed by atoms with Gasteiger partial charge in [-0.2, -0.15) is 5.26 Å². The second-order valence-corrected chi connectivity index (χ2v) is 3.57. The van der Waals surface area contributed by atoms with Gasteiger partial charge in [-0.05, 0) is 26.0 Å². The summed E-state index contributed by atoms with van der Waals surface area (Å²) in [6, 6.07) is 6.90. The van der Waals surface area contributed by atoms with Crippen molar-refractivity contribution in [3.05, 3.63) is 23.8 Å². The number of nitriles is 1. The van der Waals surface area contributed by atoms with E-state index in [4.69, 9.17) is 14.7 Å². The first-order valence-electron chi connectivity index (χ1n) is 5.13. The Balaban J connectivity index is 2.96. The Kier molecular flexibility index (Phi) is 4.35. The average molecular weight is 234 g/mol. The summed E-state index contributed by atoms with van der Waals surface area (Å²) in [7, 11) is 1.47. The molecule has 0 spiro atoms. The third kappa shape index (κ3) is 3.38. The summed E-state index contributed by atoms with van der Waals surface area (Å²) >= 11 is 0. The number of hydrogen-bond acceptors (Lipinski definition) is 4. The summed E-state index contributed by atoms with van der Waals surface area (Å²) in [5.74, 6) is 0.421. The van der Waals surface area contributed by atoms with E-state index in [1.165, 1.54) is 7.11 Å². The highest BCUT2D eigenvalue weighted by atomic mass is 16.6. The van der Waals surface area contributed by atoms with Gasteiger partial charge in [0.1, 0.15) is 17.5 Å². The molecule has 0 unspecified atom stereocenters. The molecular formula is C12H14N2O3. The van der Waals surface area contributed by atoms with Gasteiger partial charge in [0.05, 0.1) is 18.8 Å². The molecule has 1 rings (SSSR count). The Morgan fingerprint density at radius 2 is 2.18 bits per heavy atom. The normalized spacial score (nSPS) is 9.59. The van der Waals surface area contributed by atoms with Gasteiger partial charge in [-0.3, -0.25) is 5.32 Å². The van der Waals surface area contributed by atoms with Gasteiger partial charge in [-0.15, -0.1) is 0 Å². The van der Waals surface area contributed by atoms with Crippen LogP contribution < -0.4 is 10.1 Å². The minimum atomic E-state index is -0.610. The van der Waals surface area contributed by atoms with Gasteiger partial charge in [-0.1, -0.05) is 6.07 Å². The lowest BCUT2D eigenvalue weighted by Gasteiger charge is -2.13. The molecule has 0 saturated carbocycles. The first-order valence-corrected chi connectivity index (χ1v) is 5.13. The van der Waals surface area contributed by atoms with Crippen molar-refractivity contribution in [3.63, 3.8) is 0 Å². The molecule has 0 aliphatic rings. The number of benzene rings is 1. The number of para-hydroxylation sites is 1.